The van der Waals surface area contributed by atoms with E-state index in [1.807, 2.05) is 35.7 Å². The third-order valence-corrected chi connectivity index (χ3v) is 4.30. The van der Waals surface area contributed by atoms with Crippen molar-refractivity contribution in [2.75, 3.05) is 0 Å². The molecule has 0 aliphatic heterocycles. The van der Waals surface area contributed by atoms with Crippen LogP contribution in [0.4, 0.5) is 0 Å². The zero-order valence-electron chi connectivity index (χ0n) is 11.5. The predicted molar refractivity (Wildman–Crippen MR) is 79.0 cm³/mol. The van der Waals surface area contributed by atoms with E-state index < -0.39 is 0 Å². The minimum atomic E-state index is -0.294. The maximum absolute atomic E-state index is 11.8. The molecule has 2 nitrogen and oxygen atoms in total. The Morgan fingerprint density at radius 3 is 2.42 bits per heavy atom. The third kappa shape index (κ3) is 3.24. The van der Waals surface area contributed by atoms with Crippen molar-refractivity contribution in [2.45, 2.75) is 32.6 Å². The summed E-state index contributed by atoms with van der Waals surface area (Å²) < 4.78 is 5.33. The second-order valence-corrected chi connectivity index (χ2v) is 6.08. The molecule has 0 unspecified atom stereocenters. The number of hydrogen-bond acceptors (Lipinski definition) is 3. The standard InChI is InChI=1S/C16H18O2S/c1-4-16(2,3)12-7-9-13(10-8-12)18-15(17)14-6-5-11-19-14/h5-11H,4H2,1-3H3. The number of hydrogen-bond donors (Lipinski definition) is 0. The second kappa shape index (κ2) is 5.57. The number of thiophene rings is 1. The average molecular weight is 274 g/mol. The van der Waals surface area contributed by atoms with Crippen LogP contribution in [0.15, 0.2) is 41.8 Å². The van der Waals surface area contributed by atoms with Gasteiger partial charge in [-0.3, -0.25) is 0 Å². The summed E-state index contributed by atoms with van der Waals surface area (Å²) in [6.07, 6.45) is 1.07. The van der Waals surface area contributed by atoms with Gasteiger partial charge in [-0.2, -0.15) is 0 Å². The summed E-state index contributed by atoms with van der Waals surface area (Å²) in [7, 11) is 0. The number of benzene rings is 1. The molecule has 0 aliphatic carbocycles. The van der Waals surface area contributed by atoms with E-state index >= 15 is 0 Å². The van der Waals surface area contributed by atoms with Crippen LogP contribution in [0.2, 0.25) is 0 Å². The first-order chi connectivity index (χ1) is 9.03. The van der Waals surface area contributed by atoms with Crippen LogP contribution in [0.1, 0.15) is 42.4 Å². The normalized spacial score (nSPS) is 11.3. The van der Waals surface area contributed by atoms with E-state index in [2.05, 4.69) is 20.8 Å². The smallest absolute Gasteiger partial charge is 0.353 e. The van der Waals surface area contributed by atoms with E-state index in [0.717, 1.165) is 6.42 Å². The first-order valence-corrected chi connectivity index (χ1v) is 7.27. The van der Waals surface area contributed by atoms with Crippen molar-refractivity contribution < 1.29 is 9.53 Å². The van der Waals surface area contributed by atoms with Gasteiger partial charge in [0.25, 0.3) is 0 Å². The second-order valence-electron chi connectivity index (χ2n) is 5.13. The quantitative estimate of drug-likeness (QED) is 0.599. The highest BCUT2D eigenvalue weighted by atomic mass is 32.1. The van der Waals surface area contributed by atoms with Gasteiger partial charge in [0.2, 0.25) is 0 Å². The van der Waals surface area contributed by atoms with Gasteiger partial charge in [-0.05, 0) is 41.0 Å². The van der Waals surface area contributed by atoms with Crippen molar-refractivity contribution in [3.05, 3.63) is 52.2 Å². The summed E-state index contributed by atoms with van der Waals surface area (Å²) in [5, 5.41) is 1.86. The Kier molecular flexibility index (Phi) is 4.05. The first-order valence-electron chi connectivity index (χ1n) is 6.39. The monoisotopic (exact) mass is 274 g/mol. The van der Waals surface area contributed by atoms with Crippen molar-refractivity contribution in [2.24, 2.45) is 0 Å². The lowest BCUT2D eigenvalue weighted by Gasteiger charge is -2.23. The molecule has 1 aromatic heterocycles. The molecule has 1 aromatic carbocycles. The lowest BCUT2D eigenvalue weighted by molar-refractivity contribution is 0.0740. The molecule has 0 atom stereocenters. The van der Waals surface area contributed by atoms with Crippen LogP contribution in [0.25, 0.3) is 0 Å². The number of ether oxygens (including phenoxy) is 1. The van der Waals surface area contributed by atoms with Crippen molar-refractivity contribution in [1.82, 2.24) is 0 Å². The van der Waals surface area contributed by atoms with E-state index in [1.165, 1.54) is 16.9 Å². The molecule has 0 bridgehead atoms. The van der Waals surface area contributed by atoms with Gasteiger partial charge in [-0.25, -0.2) is 4.79 Å². The predicted octanol–water partition coefficient (Wildman–Crippen LogP) is 4.65. The minimum Gasteiger partial charge on any atom is -0.422 e. The summed E-state index contributed by atoms with van der Waals surface area (Å²) in [6.45, 7) is 6.59. The molecule has 2 aromatic rings. The largest absolute Gasteiger partial charge is 0.422 e. The van der Waals surface area contributed by atoms with Gasteiger partial charge in [-0.1, -0.05) is 39.0 Å². The number of carbonyl (C=O) groups is 1. The zero-order valence-corrected chi connectivity index (χ0v) is 12.3. The van der Waals surface area contributed by atoms with E-state index in [9.17, 15) is 4.79 Å². The Bertz CT molecular complexity index is 539. The maximum atomic E-state index is 11.8. The van der Waals surface area contributed by atoms with Crippen LogP contribution in [0.3, 0.4) is 0 Å². The van der Waals surface area contributed by atoms with Crippen molar-refractivity contribution in [3.8, 4) is 5.75 Å². The molecule has 0 saturated carbocycles. The molecular weight excluding hydrogens is 256 g/mol. The fraction of sp³-hybridized carbons (Fsp3) is 0.312. The maximum Gasteiger partial charge on any atom is 0.353 e. The van der Waals surface area contributed by atoms with Crippen LogP contribution in [0.5, 0.6) is 5.75 Å². The Hall–Kier alpha value is -1.61. The summed E-state index contributed by atoms with van der Waals surface area (Å²) in [4.78, 5) is 12.4. The molecule has 1 heterocycles. The van der Waals surface area contributed by atoms with Crippen LogP contribution in [0, 0.1) is 0 Å². The molecule has 0 fully saturated rings. The molecule has 100 valence electrons. The van der Waals surface area contributed by atoms with Crippen molar-refractivity contribution >= 4 is 17.3 Å². The van der Waals surface area contributed by atoms with Gasteiger partial charge in [0.15, 0.2) is 0 Å². The van der Waals surface area contributed by atoms with Gasteiger partial charge in [0.1, 0.15) is 10.6 Å². The van der Waals surface area contributed by atoms with Crippen molar-refractivity contribution in [1.29, 1.82) is 0 Å². The molecule has 0 saturated heterocycles. The van der Waals surface area contributed by atoms with Crippen LogP contribution in [-0.2, 0) is 5.41 Å². The Morgan fingerprint density at radius 2 is 1.89 bits per heavy atom. The van der Waals surface area contributed by atoms with E-state index in [1.54, 1.807) is 6.07 Å². The van der Waals surface area contributed by atoms with Gasteiger partial charge in [0, 0.05) is 0 Å². The van der Waals surface area contributed by atoms with Gasteiger partial charge in [0.05, 0.1) is 0 Å². The highest BCUT2D eigenvalue weighted by Gasteiger charge is 2.18. The summed E-state index contributed by atoms with van der Waals surface area (Å²) in [6, 6.07) is 11.4. The molecule has 0 amide bonds. The lowest BCUT2D eigenvalue weighted by Crippen LogP contribution is -2.15. The molecule has 3 heteroatoms. The highest BCUT2D eigenvalue weighted by molar-refractivity contribution is 7.12. The molecule has 19 heavy (non-hydrogen) atoms. The average Bonchev–Trinajstić information content (AvgIpc) is 2.93. The Labute approximate surface area is 118 Å². The molecule has 0 aliphatic rings. The topological polar surface area (TPSA) is 26.3 Å². The van der Waals surface area contributed by atoms with Crippen molar-refractivity contribution in [3.63, 3.8) is 0 Å². The van der Waals surface area contributed by atoms with Crippen LogP contribution < -0.4 is 4.74 Å². The first kappa shape index (κ1) is 13.8. The number of carbonyl (C=O) groups excluding carboxylic acids is 1. The minimum absolute atomic E-state index is 0.149. The molecular formula is C16H18O2S. The zero-order chi connectivity index (χ0) is 13.9. The van der Waals surface area contributed by atoms with Gasteiger partial charge < -0.3 is 4.74 Å². The van der Waals surface area contributed by atoms with Gasteiger partial charge >= 0.3 is 5.97 Å². The van der Waals surface area contributed by atoms with E-state index in [0.29, 0.717) is 10.6 Å². The van der Waals surface area contributed by atoms with Gasteiger partial charge in [-0.15, -0.1) is 11.3 Å². The highest BCUT2D eigenvalue weighted by Crippen LogP contribution is 2.28. The molecule has 2 rings (SSSR count). The molecule has 0 N–H and O–H groups in total. The molecule has 0 spiro atoms. The fourth-order valence-corrected chi connectivity index (χ4v) is 2.33. The summed E-state index contributed by atoms with van der Waals surface area (Å²) in [5.41, 5.74) is 1.40. The molecule has 0 radical (unpaired) electrons. The lowest BCUT2D eigenvalue weighted by atomic mass is 9.82. The Balaban J connectivity index is 2.09. The SMILES string of the molecule is CCC(C)(C)c1ccc(OC(=O)c2cccs2)cc1. The number of esters is 1. The van der Waals surface area contributed by atoms with E-state index in [4.69, 9.17) is 4.74 Å². The van der Waals surface area contributed by atoms with E-state index in [-0.39, 0.29) is 11.4 Å². The summed E-state index contributed by atoms with van der Waals surface area (Å²) in [5.74, 6) is 0.298. The Morgan fingerprint density at radius 1 is 1.21 bits per heavy atom. The summed E-state index contributed by atoms with van der Waals surface area (Å²) >= 11 is 1.39. The van der Waals surface area contributed by atoms with Crippen LogP contribution >= 0.6 is 11.3 Å². The number of rotatable bonds is 4. The van der Waals surface area contributed by atoms with Crippen LogP contribution in [-0.4, -0.2) is 5.97 Å². The fourth-order valence-electron chi connectivity index (χ4n) is 1.73. The third-order valence-electron chi connectivity index (χ3n) is 3.45.